The number of benzene rings is 3. The lowest BCUT2D eigenvalue weighted by atomic mass is 9.36. The molecule has 0 aromatic heterocycles. The van der Waals surface area contributed by atoms with E-state index < -0.39 is 123 Å². The summed E-state index contributed by atoms with van der Waals surface area (Å²) in [6, 6.07) is -1.48. The highest BCUT2D eigenvalue weighted by molar-refractivity contribution is 6.95. The summed E-state index contributed by atoms with van der Waals surface area (Å²) in [5.74, 6) is -29.5. The van der Waals surface area contributed by atoms with Crippen molar-refractivity contribution in [2.45, 2.75) is 12.4 Å². The zero-order valence-electron chi connectivity index (χ0n) is 16.9. The third-order valence-electron chi connectivity index (χ3n) is 5.01. The molecular weight excluding hydrogens is 555 g/mol. The van der Waals surface area contributed by atoms with Crippen LogP contribution < -0.4 is 16.4 Å². The van der Waals surface area contributed by atoms with Crippen LogP contribution in [0.4, 0.5) is 70.2 Å². The van der Waals surface area contributed by atoms with Gasteiger partial charge in [0, 0.05) is 10.9 Å². The zero-order valence-corrected chi connectivity index (χ0v) is 16.9. The van der Waals surface area contributed by atoms with Crippen LogP contribution in [0.15, 0.2) is 18.2 Å². The molecule has 0 bridgehead atoms. The Balaban J connectivity index is 2.63. The zero-order chi connectivity index (χ0) is 28.4. The van der Waals surface area contributed by atoms with E-state index in [1.807, 2.05) is 0 Å². The van der Waals surface area contributed by atoms with Crippen LogP contribution in [0, 0.1) is 58.2 Å². The average Bonchev–Trinajstić information content (AvgIpc) is 2.81. The van der Waals surface area contributed by atoms with Crippen LogP contribution in [0.5, 0.6) is 0 Å². The standard InChI is InChI=1S/C20H3BF16/c22-9-7(10(23)14(27)17(30)13(9)26)21(8-11(24)15(28)18(31)16(29)12(8)25)6-2-4(19(32,33)34)1-5(3-6)20(35,36)37/h1-3H. The molecule has 0 atom stereocenters. The predicted octanol–water partition coefficient (Wildman–Crippen LogP) is 5.63. The highest BCUT2D eigenvalue weighted by Gasteiger charge is 2.44. The molecule has 0 amide bonds. The quantitative estimate of drug-likeness (QED) is 0.169. The molecule has 0 aliphatic carbocycles. The van der Waals surface area contributed by atoms with Crippen LogP contribution >= 0.6 is 0 Å². The van der Waals surface area contributed by atoms with Crippen molar-refractivity contribution in [1.29, 1.82) is 0 Å². The molecule has 0 spiro atoms. The Morgan fingerprint density at radius 1 is 0.378 bits per heavy atom. The van der Waals surface area contributed by atoms with Crippen molar-refractivity contribution in [3.63, 3.8) is 0 Å². The lowest BCUT2D eigenvalue weighted by Crippen LogP contribution is -2.58. The summed E-state index contributed by atoms with van der Waals surface area (Å²) in [6.45, 7) is -3.60. The summed E-state index contributed by atoms with van der Waals surface area (Å²) in [4.78, 5) is 0. The average molecular weight is 558 g/mol. The normalized spacial score (nSPS) is 12.3. The molecule has 0 saturated carbocycles. The van der Waals surface area contributed by atoms with E-state index in [-0.39, 0.29) is 0 Å². The first kappa shape index (κ1) is 28.2. The Bertz CT molecular complexity index is 1250. The van der Waals surface area contributed by atoms with Crippen LogP contribution in [0.25, 0.3) is 0 Å². The summed E-state index contributed by atoms with van der Waals surface area (Å²) < 4.78 is 220. The first-order chi connectivity index (χ1) is 16.8. The van der Waals surface area contributed by atoms with Gasteiger partial charge in [-0.05, 0) is 6.07 Å². The van der Waals surface area contributed by atoms with Gasteiger partial charge in [-0.1, -0.05) is 17.6 Å². The van der Waals surface area contributed by atoms with Crippen LogP contribution in [0.3, 0.4) is 0 Å². The minimum absolute atomic E-state index is 0.448. The van der Waals surface area contributed by atoms with Gasteiger partial charge in [0.05, 0.1) is 11.1 Å². The molecule has 0 unspecified atom stereocenters. The molecule has 0 saturated heterocycles. The van der Waals surface area contributed by atoms with Gasteiger partial charge < -0.3 is 0 Å². The van der Waals surface area contributed by atoms with Crippen molar-refractivity contribution >= 4 is 23.1 Å². The molecular formula is C20H3BF16. The lowest BCUT2D eigenvalue weighted by molar-refractivity contribution is -0.142. The van der Waals surface area contributed by atoms with Gasteiger partial charge in [0.2, 0.25) is 0 Å². The van der Waals surface area contributed by atoms with Crippen molar-refractivity contribution in [3.05, 3.63) is 87.5 Å². The van der Waals surface area contributed by atoms with Crippen LogP contribution in [-0.4, -0.2) is 6.71 Å². The molecule has 3 aromatic carbocycles. The molecule has 0 radical (unpaired) electrons. The summed E-state index contributed by atoms with van der Waals surface area (Å²) in [7, 11) is 0. The van der Waals surface area contributed by atoms with Crippen LogP contribution in [0.1, 0.15) is 11.1 Å². The fourth-order valence-corrected chi connectivity index (χ4v) is 3.37. The predicted molar refractivity (Wildman–Crippen MR) is 93.6 cm³/mol. The first-order valence-electron chi connectivity index (χ1n) is 9.12. The van der Waals surface area contributed by atoms with E-state index in [2.05, 4.69) is 0 Å². The number of alkyl halides is 6. The van der Waals surface area contributed by atoms with Crippen molar-refractivity contribution in [2.75, 3.05) is 0 Å². The summed E-state index contributed by atoms with van der Waals surface area (Å²) in [6.07, 6.45) is -11.4. The van der Waals surface area contributed by atoms with E-state index in [1.54, 1.807) is 0 Å². The highest BCUT2D eigenvalue weighted by atomic mass is 19.4. The van der Waals surface area contributed by atoms with Crippen molar-refractivity contribution in [2.24, 2.45) is 0 Å². The number of rotatable bonds is 3. The van der Waals surface area contributed by atoms with Gasteiger partial charge in [0.15, 0.2) is 58.2 Å². The maximum absolute atomic E-state index is 14.6. The highest BCUT2D eigenvalue weighted by Crippen LogP contribution is 2.35. The minimum Gasteiger partial charge on any atom is -0.204 e. The summed E-state index contributed by atoms with van der Waals surface area (Å²) >= 11 is 0. The molecule has 0 nitrogen and oxygen atoms in total. The van der Waals surface area contributed by atoms with Gasteiger partial charge in [-0.2, -0.15) is 26.3 Å². The Morgan fingerprint density at radius 2 is 0.622 bits per heavy atom. The minimum atomic E-state index is -5.71. The second-order valence-corrected chi connectivity index (χ2v) is 7.24. The second kappa shape index (κ2) is 9.17. The van der Waals surface area contributed by atoms with Crippen LogP contribution in [0.2, 0.25) is 0 Å². The van der Waals surface area contributed by atoms with E-state index >= 15 is 0 Å². The summed E-state index contributed by atoms with van der Waals surface area (Å²) in [5, 5.41) is 0. The van der Waals surface area contributed by atoms with E-state index in [9.17, 15) is 70.2 Å². The number of hydrogen-bond acceptors (Lipinski definition) is 0. The third kappa shape index (κ3) is 4.70. The molecule has 0 heterocycles. The van der Waals surface area contributed by atoms with Gasteiger partial charge in [0.1, 0.15) is 0 Å². The van der Waals surface area contributed by atoms with E-state index in [0.29, 0.717) is 0 Å². The molecule has 3 rings (SSSR count). The lowest BCUT2D eigenvalue weighted by Gasteiger charge is -2.22. The number of halogens is 16. The molecule has 198 valence electrons. The first-order valence-corrected chi connectivity index (χ1v) is 9.12. The second-order valence-electron chi connectivity index (χ2n) is 7.24. The third-order valence-corrected chi connectivity index (χ3v) is 5.01. The van der Waals surface area contributed by atoms with Gasteiger partial charge >= 0.3 is 12.4 Å². The Morgan fingerprint density at radius 3 is 0.865 bits per heavy atom. The molecule has 0 fully saturated rings. The maximum Gasteiger partial charge on any atom is 0.416 e. The maximum atomic E-state index is 14.6. The Labute approximate surface area is 194 Å². The molecule has 0 N–H and O–H groups in total. The van der Waals surface area contributed by atoms with Gasteiger partial charge in [-0.15, -0.1) is 0 Å². The summed E-state index contributed by atoms with van der Waals surface area (Å²) in [5.41, 5.74) is -11.5. The molecule has 37 heavy (non-hydrogen) atoms. The molecule has 0 aliphatic rings. The van der Waals surface area contributed by atoms with E-state index in [4.69, 9.17) is 0 Å². The molecule has 3 aromatic rings. The molecule has 17 heteroatoms. The topological polar surface area (TPSA) is 0 Å². The van der Waals surface area contributed by atoms with Gasteiger partial charge in [-0.3, -0.25) is 0 Å². The Hall–Kier alpha value is -3.40. The van der Waals surface area contributed by atoms with Gasteiger partial charge in [-0.25, -0.2) is 43.9 Å². The smallest absolute Gasteiger partial charge is 0.204 e. The Kier molecular flexibility index (Phi) is 6.98. The SMILES string of the molecule is Fc1c(F)c(F)c(B(c2cc(C(F)(F)F)cc(C(F)(F)F)c2)c2c(F)c(F)c(F)c(F)c2F)c(F)c1F. The van der Waals surface area contributed by atoms with Crippen molar-refractivity contribution < 1.29 is 70.2 Å². The largest absolute Gasteiger partial charge is 0.416 e. The monoisotopic (exact) mass is 558 g/mol. The van der Waals surface area contributed by atoms with Gasteiger partial charge in [0.25, 0.3) is 6.71 Å². The van der Waals surface area contributed by atoms with Crippen LogP contribution in [-0.2, 0) is 12.4 Å². The number of hydrogen-bond donors (Lipinski definition) is 0. The van der Waals surface area contributed by atoms with Crippen molar-refractivity contribution in [3.8, 4) is 0 Å². The van der Waals surface area contributed by atoms with E-state index in [1.165, 1.54) is 0 Å². The molecule has 0 aliphatic heterocycles. The fourth-order valence-electron chi connectivity index (χ4n) is 3.37. The van der Waals surface area contributed by atoms with Crippen molar-refractivity contribution in [1.82, 2.24) is 0 Å². The fraction of sp³-hybridized carbons (Fsp3) is 0.100. The van der Waals surface area contributed by atoms with E-state index in [0.717, 1.165) is 0 Å².